The molecule has 2 aromatic rings. The number of imidazole rings is 1. The Hall–Kier alpha value is -1.55. The van der Waals surface area contributed by atoms with Crippen molar-refractivity contribution < 1.29 is 9.84 Å². The van der Waals surface area contributed by atoms with Gasteiger partial charge in [-0.05, 0) is 0 Å². The van der Waals surface area contributed by atoms with Crippen molar-refractivity contribution >= 4 is 5.65 Å². The Morgan fingerprint density at radius 1 is 1.54 bits per heavy atom. The zero-order valence-corrected chi connectivity index (χ0v) is 7.27. The topological polar surface area (TPSA) is 46.8 Å². The number of ether oxygens (including phenoxy) is 1. The molecular weight excluding hydrogens is 168 g/mol. The number of aromatic nitrogens is 2. The van der Waals surface area contributed by atoms with Crippen LogP contribution in [0, 0.1) is 0 Å². The third-order valence-corrected chi connectivity index (χ3v) is 1.96. The lowest BCUT2D eigenvalue weighted by Crippen LogP contribution is -1.96. The molecule has 0 aliphatic heterocycles. The van der Waals surface area contributed by atoms with Crippen LogP contribution in [0.25, 0.3) is 5.65 Å². The molecule has 0 aliphatic carbocycles. The number of hydrogen-bond acceptors (Lipinski definition) is 3. The molecule has 4 heteroatoms. The van der Waals surface area contributed by atoms with E-state index in [-0.39, 0.29) is 6.61 Å². The number of methoxy groups -OCH3 is 1. The molecular formula is C9H10N2O2. The Morgan fingerprint density at radius 3 is 3.08 bits per heavy atom. The Balaban J connectivity index is 2.70. The van der Waals surface area contributed by atoms with Crippen LogP contribution in [0.5, 0.6) is 5.75 Å². The van der Waals surface area contributed by atoms with Crippen molar-refractivity contribution in [1.82, 2.24) is 9.38 Å². The summed E-state index contributed by atoms with van der Waals surface area (Å²) in [4.78, 5) is 4.11. The van der Waals surface area contributed by atoms with E-state index in [0.717, 1.165) is 11.3 Å². The maximum Gasteiger partial charge on any atom is 0.140 e. The minimum Gasteiger partial charge on any atom is -0.497 e. The van der Waals surface area contributed by atoms with Crippen molar-refractivity contribution in [3.8, 4) is 5.75 Å². The standard InChI is InChI=1S/C9H10N2O2/c1-13-8-4-7(6-12)11-3-2-10-9(11)5-8/h2-5,12H,6H2,1H3. The van der Waals surface area contributed by atoms with Crippen LogP contribution in [-0.4, -0.2) is 21.6 Å². The van der Waals surface area contributed by atoms with Gasteiger partial charge in [-0.15, -0.1) is 0 Å². The van der Waals surface area contributed by atoms with E-state index in [4.69, 9.17) is 9.84 Å². The summed E-state index contributed by atoms with van der Waals surface area (Å²) < 4.78 is 6.89. The Kier molecular flexibility index (Phi) is 1.90. The van der Waals surface area contributed by atoms with Crippen molar-refractivity contribution in [1.29, 1.82) is 0 Å². The van der Waals surface area contributed by atoms with Gasteiger partial charge in [0.05, 0.1) is 19.4 Å². The highest BCUT2D eigenvalue weighted by atomic mass is 16.5. The molecule has 0 spiro atoms. The van der Waals surface area contributed by atoms with Gasteiger partial charge in [-0.3, -0.25) is 0 Å². The third kappa shape index (κ3) is 1.25. The fraction of sp³-hybridized carbons (Fsp3) is 0.222. The van der Waals surface area contributed by atoms with Gasteiger partial charge in [0.1, 0.15) is 11.4 Å². The summed E-state index contributed by atoms with van der Waals surface area (Å²) in [7, 11) is 1.59. The molecule has 0 bridgehead atoms. The van der Waals surface area contributed by atoms with Crippen molar-refractivity contribution in [2.24, 2.45) is 0 Å². The molecule has 2 rings (SSSR count). The van der Waals surface area contributed by atoms with E-state index in [1.54, 1.807) is 25.6 Å². The number of fused-ring (bicyclic) bond motifs is 1. The molecule has 0 aromatic carbocycles. The number of rotatable bonds is 2. The predicted molar refractivity (Wildman–Crippen MR) is 47.7 cm³/mol. The summed E-state index contributed by atoms with van der Waals surface area (Å²) in [5, 5.41) is 9.07. The number of aliphatic hydroxyl groups is 1. The van der Waals surface area contributed by atoms with E-state index in [9.17, 15) is 0 Å². The second-order valence-electron chi connectivity index (χ2n) is 2.70. The first-order chi connectivity index (χ1) is 6.35. The first kappa shape index (κ1) is 8.07. The summed E-state index contributed by atoms with van der Waals surface area (Å²) >= 11 is 0. The number of pyridine rings is 1. The Bertz CT molecular complexity index is 422. The molecule has 4 nitrogen and oxygen atoms in total. The van der Waals surface area contributed by atoms with Gasteiger partial charge in [-0.1, -0.05) is 0 Å². The first-order valence-corrected chi connectivity index (χ1v) is 3.96. The molecule has 0 fully saturated rings. The van der Waals surface area contributed by atoms with E-state index >= 15 is 0 Å². The maximum absolute atomic E-state index is 9.07. The Labute approximate surface area is 75.4 Å². The molecule has 0 atom stereocenters. The van der Waals surface area contributed by atoms with Gasteiger partial charge in [0, 0.05) is 24.5 Å². The van der Waals surface area contributed by atoms with Crippen molar-refractivity contribution in [3.63, 3.8) is 0 Å². The van der Waals surface area contributed by atoms with E-state index in [1.165, 1.54) is 0 Å². The lowest BCUT2D eigenvalue weighted by Gasteiger charge is -2.05. The number of nitrogens with zero attached hydrogens (tertiary/aromatic N) is 2. The van der Waals surface area contributed by atoms with Crippen LogP contribution >= 0.6 is 0 Å². The SMILES string of the molecule is COc1cc(CO)n2ccnc2c1. The largest absolute Gasteiger partial charge is 0.497 e. The highest BCUT2D eigenvalue weighted by Gasteiger charge is 2.02. The summed E-state index contributed by atoms with van der Waals surface area (Å²) in [5.74, 6) is 0.711. The lowest BCUT2D eigenvalue weighted by molar-refractivity contribution is 0.274. The van der Waals surface area contributed by atoms with Crippen LogP contribution in [0.2, 0.25) is 0 Å². The van der Waals surface area contributed by atoms with E-state index in [1.807, 2.05) is 10.5 Å². The van der Waals surface area contributed by atoms with E-state index in [2.05, 4.69) is 4.98 Å². The molecule has 0 amide bonds. The van der Waals surface area contributed by atoms with Crippen LogP contribution in [0.1, 0.15) is 5.69 Å². The first-order valence-electron chi connectivity index (χ1n) is 3.96. The lowest BCUT2D eigenvalue weighted by atomic mass is 10.3. The van der Waals surface area contributed by atoms with Crippen molar-refractivity contribution in [3.05, 3.63) is 30.2 Å². The average molecular weight is 178 g/mol. The summed E-state index contributed by atoms with van der Waals surface area (Å²) in [5.41, 5.74) is 1.55. The van der Waals surface area contributed by atoms with Crippen LogP contribution in [0.15, 0.2) is 24.5 Å². The van der Waals surface area contributed by atoms with Crippen LogP contribution < -0.4 is 4.74 Å². The molecule has 2 heterocycles. The predicted octanol–water partition coefficient (Wildman–Crippen LogP) is 0.835. The molecule has 68 valence electrons. The minimum atomic E-state index is -0.0238. The number of aliphatic hydroxyl groups excluding tert-OH is 1. The van der Waals surface area contributed by atoms with Crippen LogP contribution in [0.4, 0.5) is 0 Å². The van der Waals surface area contributed by atoms with Gasteiger partial charge in [-0.25, -0.2) is 4.98 Å². The highest BCUT2D eigenvalue weighted by Crippen LogP contribution is 2.16. The van der Waals surface area contributed by atoms with Crippen molar-refractivity contribution in [2.75, 3.05) is 7.11 Å². The molecule has 0 radical (unpaired) electrons. The molecule has 0 saturated heterocycles. The molecule has 2 aromatic heterocycles. The van der Waals surface area contributed by atoms with Gasteiger partial charge in [0.15, 0.2) is 0 Å². The fourth-order valence-electron chi connectivity index (χ4n) is 1.31. The van der Waals surface area contributed by atoms with Gasteiger partial charge in [0.25, 0.3) is 0 Å². The molecule has 13 heavy (non-hydrogen) atoms. The van der Waals surface area contributed by atoms with Gasteiger partial charge < -0.3 is 14.2 Å². The highest BCUT2D eigenvalue weighted by molar-refractivity contribution is 5.46. The minimum absolute atomic E-state index is 0.0238. The Morgan fingerprint density at radius 2 is 2.38 bits per heavy atom. The fourth-order valence-corrected chi connectivity index (χ4v) is 1.31. The number of hydrogen-bond donors (Lipinski definition) is 1. The average Bonchev–Trinajstić information content (AvgIpc) is 2.63. The zero-order valence-electron chi connectivity index (χ0n) is 7.27. The van der Waals surface area contributed by atoms with E-state index in [0.29, 0.717) is 5.75 Å². The smallest absolute Gasteiger partial charge is 0.140 e. The molecule has 1 N–H and O–H groups in total. The molecule has 0 saturated carbocycles. The van der Waals surface area contributed by atoms with Gasteiger partial charge in [0.2, 0.25) is 0 Å². The second kappa shape index (κ2) is 3.06. The maximum atomic E-state index is 9.07. The quantitative estimate of drug-likeness (QED) is 0.741. The van der Waals surface area contributed by atoms with Gasteiger partial charge >= 0.3 is 0 Å². The molecule has 0 aliphatic rings. The monoisotopic (exact) mass is 178 g/mol. The normalized spacial score (nSPS) is 10.6. The third-order valence-electron chi connectivity index (χ3n) is 1.96. The van der Waals surface area contributed by atoms with Gasteiger partial charge in [-0.2, -0.15) is 0 Å². The van der Waals surface area contributed by atoms with Crippen LogP contribution in [-0.2, 0) is 6.61 Å². The zero-order chi connectivity index (χ0) is 9.26. The summed E-state index contributed by atoms with van der Waals surface area (Å²) in [6.07, 6.45) is 3.49. The summed E-state index contributed by atoms with van der Waals surface area (Å²) in [6.45, 7) is -0.0238. The van der Waals surface area contributed by atoms with Crippen molar-refractivity contribution in [2.45, 2.75) is 6.61 Å². The second-order valence-corrected chi connectivity index (χ2v) is 2.70. The summed E-state index contributed by atoms with van der Waals surface area (Å²) in [6, 6.07) is 3.60. The van der Waals surface area contributed by atoms with Crippen LogP contribution in [0.3, 0.4) is 0 Å². The molecule has 0 unspecified atom stereocenters. The van der Waals surface area contributed by atoms with E-state index < -0.39 is 0 Å².